The minimum Gasteiger partial charge on any atom is -0.492 e. The van der Waals surface area contributed by atoms with Gasteiger partial charge < -0.3 is 10.1 Å². The third kappa shape index (κ3) is 2.91. The molecule has 0 unspecified atom stereocenters. The predicted molar refractivity (Wildman–Crippen MR) is 87.3 cm³/mol. The molecule has 4 heteroatoms. The first-order chi connectivity index (χ1) is 10.8. The lowest BCUT2D eigenvalue weighted by Crippen LogP contribution is -2.13. The number of carbonyl (C=O) groups excluding carboxylic acids is 1. The molecule has 0 aliphatic rings. The van der Waals surface area contributed by atoms with Crippen molar-refractivity contribution in [2.75, 3.05) is 11.9 Å². The monoisotopic (exact) mass is 292 g/mol. The van der Waals surface area contributed by atoms with E-state index in [1.165, 1.54) is 0 Å². The van der Waals surface area contributed by atoms with Crippen molar-refractivity contribution in [3.05, 3.63) is 66.4 Å². The Hall–Kier alpha value is -2.88. The molecule has 4 nitrogen and oxygen atoms in total. The van der Waals surface area contributed by atoms with Crippen molar-refractivity contribution < 1.29 is 9.53 Å². The summed E-state index contributed by atoms with van der Waals surface area (Å²) in [4.78, 5) is 16.7. The molecule has 0 spiro atoms. The zero-order valence-electron chi connectivity index (χ0n) is 12.2. The number of nitrogens with one attached hydrogen (secondary N) is 1. The molecule has 0 atom stereocenters. The highest BCUT2D eigenvalue weighted by Gasteiger charge is 2.10. The van der Waals surface area contributed by atoms with Crippen LogP contribution in [-0.2, 0) is 0 Å². The Kier molecular flexibility index (Phi) is 4.01. The van der Waals surface area contributed by atoms with Crippen molar-refractivity contribution in [2.24, 2.45) is 0 Å². The van der Waals surface area contributed by atoms with Gasteiger partial charge in [-0.2, -0.15) is 0 Å². The second-order valence-corrected chi connectivity index (χ2v) is 4.80. The maximum atomic E-state index is 12.4. The van der Waals surface area contributed by atoms with Crippen molar-refractivity contribution in [3.63, 3.8) is 0 Å². The predicted octanol–water partition coefficient (Wildman–Crippen LogP) is 3.89. The van der Waals surface area contributed by atoms with Gasteiger partial charge in [-0.25, -0.2) is 0 Å². The third-order valence-electron chi connectivity index (χ3n) is 3.29. The summed E-state index contributed by atoms with van der Waals surface area (Å²) in [5.74, 6) is 0.456. The molecule has 3 aromatic rings. The van der Waals surface area contributed by atoms with Gasteiger partial charge in [-0.15, -0.1) is 0 Å². The largest absolute Gasteiger partial charge is 0.492 e. The SMILES string of the molecule is CCOc1ccccc1NC(=O)c1cnc2ccccc2c1. The minimum atomic E-state index is -0.203. The van der Waals surface area contributed by atoms with E-state index in [2.05, 4.69) is 10.3 Å². The number of benzene rings is 2. The van der Waals surface area contributed by atoms with Crippen LogP contribution in [0.1, 0.15) is 17.3 Å². The number of amides is 1. The number of hydrogen-bond acceptors (Lipinski definition) is 3. The molecule has 0 aliphatic carbocycles. The first kappa shape index (κ1) is 14.1. The first-order valence-electron chi connectivity index (χ1n) is 7.16. The number of aromatic nitrogens is 1. The maximum absolute atomic E-state index is 12.4. The quantitative estimate of drug-likeness (QED) is 0.793. The molecule has 3 rings (SSSR count). The Morgan fingerprint density at radius 3 is 2.77 bits per heavy atom. The number of carbonyl (C=O) groups is 1. The van der Waals surface area contributed by atoms with E-state index in [-0.39, 0.29) is 5.91 Å². The standard InChI is InChI=1S/C18H16N2O2/c1-2-22-17-10-6-5-9-16(17)20-18(21)14-11-13-7-3-4-8-15(13)19-12-14/h3-12H,2H2,1H3,(H,20,21). The Labute approximate surface area is 128 Å². The molecule has 110 valence electrons. The second-order valence-electron chi connectivity index (χ2n) is 4.80. The van der Waals surface area contributed by atoms with Crippen LogP contribution in [0.5, 0.6) is 5.75 Å². The minimum absolute atomic E-state index is 0.203. The summed E-state index contributed by atoms with van der Waals surface area (Å²) in [6.07, 6.45) is 1.58. The van der Waals surface area contributed by atoms with E-state index in [0.29, 0.717) is 23.6 Å². The Bertz CT molecular complexity index is 815. The van der Waals surface area contributed by atoms with Crippen LogP contribution in [0.25, 0.3) is 10.9 Å². The van der Waals surface area contributed by atoms with Crippen LogP contribution in [0.15, 0.2) is 60.8 Å². The number of anilines is 1. The van der Waals surface area contributed by atoms with Crippen LogP contribution in [-0.4, -0.2) is 17.5 Å². The molecule has 22 heavy (non-hydrogen) atoms. The molecule has 0 bridgehead atoms. The molecule has 1 N–H and O–H groups in total. The molecular formula is C18H16N2O2. The molecular weight excluding hydrogens is 276 g/mol. The highest BCUT2D eigenvalue weighted by atomic mass is 16.5. The molecule has 1 aromatic heterocycles. The van der Waals surface area contributed by atoms with Crippen molar-refractivity contribution >= 4 is 22.5 Å². The number of hydrogen-bond donors (Lipinski definition) is 1. The summed E-state index contributed by atoms with van der Waals surface area (Å²) < 4.78 is 5.51. The smallest absolute Gasteiger partial charge is 0.257 e. The number of rotatable bonds is 4. The maximum Gasteiger partial charge on any atom is 0.257 e. The molecule has 0 radical (unpaired) electrons. The topological polar surface area (TPSA) is 51.2 Å². The summed E-state index contributed by atoms with van der Waals surface area (Å²) >= 11 is 0. The number of para-hydroxylation sites is 3. The van der Waals surface area contributed by atoms with Gasteiger partial charge in [0.05, 0.1) is 23.4 Å². The van der Waals surface area contributed by atoms with Crippen molar-refractivity contribution in [2.45, 2.75) is 6.92 Å². The Balaban J connectivity index is 1.87. The molecule has 0 saturated heterocycles. The normalized spacial score (nSPS) is 10.4. The van der Waals surface area contributed by atoms with Crippen LogP contribution in [0, 0.1) is 0 Å². The summed E-state index contributed by atoms with van der Waals surface area (Å²) in [6, 6.07) is 16.9. The van der Waals surface area contributed by atoms with Crippen LogP contribution >= 0.6 is 0 Å². The van der Waals surface area contributed by atoms with E-state index in [1.54, 1.807) is 6.20 Å². The van der Waals surface area contributed by atoms with E-state index >= 15 is 0 Å². The number of pyridine rings is 1. The summed E-state index contributed by atoms with van der Waals surface area (Å²) in [5.41, 5.74) is 2.04. The van der Waals surface area contributed by atoms with Gasteiger partial charge in [-0.05, 0) is 31.2 Å². The molecule has 0 fully saturated rings. The van der Waals surface area contributed by atoms with Crippen LogP contribution in [0.3, 0.4) is 0 Å². The molecule has 0 aliphatic heterocycles. The highest BCUT2D eigenvalue weighted by molar-refractivity contribution is 6.06. The fraction of sp³-hybridized carbons (Fsp3) is 0.111. The van der Waals surface area contributed by atoms with Gasteiger partial charge in [0.1, 0.15) is 5.75 Å². The summed E-state index contributed by atoms with van der Waals surface area (Å²) in [5, 5.41) is 3.81. The van der Waals surface area contributed by atoms with E-state index in [9.17, 15) is 4.79 Å². The molecule has 2 aromatic carbocycles. The molecule has 1 heterocycles. The average Bonchev–Trinajstić information content (AvgIpc) is 2.56. The Morgan fingerprint density at radius 1 is 1.14 bits per heavy atom. The highest BCUT2D eigenvalue weighted by Crippen LogP contribution is 2.24. The van der Waals surface area contributed by atoms with Crippen LogP contribution < -0.4 is 10.1 Å². The van der Waals surface area contributed by atoms with Gasteiger partial charge in [0.15, 0.2) is 0 Å². The lowest BCUT2D eigenvalue weighted by Gasteiger charge is -2.11. The summed E-state index contributed by atoms with van der Waals surface area (Å²) in [6.45, 7) is 2.45. The lowest BCUT2D eigenvalue weighted by molar-refractivity contribution is 0.102. The van der Waals surface area contributed by atoms with Gasteiger partial charge >= 0.3 is 0 Å². The second kappa shape index (κ2) is 6.26. The van der Waals surface area contributed by atoms with E-state index in [0.717, 1.165) is 10.9 Å². The van der Waals surface area contributed by atoms with Crippen molar-refractivity contribution in [3.8, 4) is 5.75 Å². The van der Waals surface area contributed by atoms with Crippen molar-refractivity contribution in [1.82, 2.24) is 4.98 Å². The molecule has 0 saturated carbocycles. The molecule has 1 amide bonds. The first-order valence-corrected chi connectivity index (χ1v) is 7.16. The van der Waals surface area contributed by atoms with Crippen LogP contribution in [0.4, 0.5) is 5.69 Å². The van der Waals surface area contributed by atoms with E-state index in [4.69, 9.17) is 4.74 Å². The van der Waals surface area contributed by atoms with Crippen LogP contribution in [0.2, 0.25) is 0 Å². The van der Waals surface area contributed by atoms with Crippen molar-refractivity contribution in [1.29, 1.82) is 0 Å². The van der Waals surface area contributed by atoms with Gasteiger partial charge in [0, 0.05) is 11.6 Å². The van der Waals surface area contributed by atoms with Gasteiger partial charge in [0.2, 0.25) is 0 Å². The third-order valence-corrected chi connectivity index (χ3v) is 3.29. The Morgan fingerprint density at radius 2 is 1.91 bits per heavy atom. The fourth-order valence-electron chi connectivity index (χ4n) is 2.24. The average molecular weight is 292 g/mol. The van der Waals surface area contributed by atoms with Gasteiger partial charge in [-0.3, -0.25) is 9.78 Å². The number of nitrogens with zero attached hydrogens (tertiary/aromatic N) is 1. The fourth-order valence-corrected chi connectivity index (χ4v) is 2.24. The lowest BCUT2D eigenvalue weighted by atomic mass is 10.1. The van der Waals surface area contributed by atoms with E-state index in [1.807, 2.05) is 61.5 Å². The van der Waals surface area contributed by atoms with Gasteiger partial charge in [0.25, 0.3) is 5.91 Å². The van der Waals surface area contributed by atoms with E-state index < -0.39 is 0 Å². The zero-order valence-corrected chi connectivity index (χ0v) is 12.2. The number of fused-ring (bicyclic) bond motifs is 1. The number of ether oxygens (including phenoxy) is 1. The zero-order chi connectivity index (χ0) is 15.4. The summed E-state index contributed by atoms with van der Waals surface area (Å²) in [7, 11) is 0. The van der Waals surface area contributed by atoms with Gasteiger partial charge in [-0.1, -0.05) is 30.3 Å².